The number of piperazine rings is 1. The van der Waals surface area contributed by atoms with Crippen LogP contribution in [0.2, 0.25) is 0 Å². The van der Waals surface area contributed by atoms with Crippen molar-refractivity contribution in [2.75, 3.05) is 72.1 Å². The average Bonchev–Trinajstić information content (AvgIpc) is 3.16. The molecule has 6 nitrogen and oxygen atoms in total. The van der Waals surface area contributed by atoms with E-state index in [4.69, 9.17) is 4.74 Å². The number of ether oxygens (including phenoxy) is 1. The van der Waals surface area contributed by atoms with Gasteiger partial charge in [-0.2, -0.15) is 0 Å². The van der Waals surface area contributed by atoms with Crippen molar-refractivity contribution in [2.24, 2.45) is 0 Å². The maximum atomic E-state index is 13.3. The lowest BCUT2D eigenvalue weighted by molar-refractivity contribution is -0.141. The van der Waals surface area contributed by atoms with E-state index in [1.165, 1.54) is 38.5 Å². The van der Waals surface area contributed by atoms with E-state index < -0.39 is 0 Å². The van der Waals surface area contributed by atoms with Gasteiger partial charge >= 0.3 is 0 Å². The van der Waals surface area contributed by atoms with Gasteiger partial charge in [0.05, 0.1) is 12.6 Å². The SMILES string of the molecule is O=C(C1CCCCN1C1CCCC1)N1CCN(CCN2CCCOCC2)CC1. The molecule has 0 aromatic heterocycles. The lowest BCUT2D eigenvalue weighted by atomic mass is 9.97. The van der Waals surface area contributed by atoms with Gasteiger partial charge in [0.1, 0.15) is 0 Å². The van der Waals surface area contributed by atoms with Gasteiger partial charge < -0.3 is 9.64 Å². The molecule has 1 saturated carbocycles. The van der Waals surface area contributed by atoms with Crippen LogP contribution in [0.4, 0.5) is 0 Å². The molecule has 0 spiro atoms. The van der Waals surface area contributed by atoms with E-state index in [-0.39, 0.29) is 6.04 Å². The Balaban J connectivity index is 1.22. The highest BCUT2D eigenvalue weighted by molar-refractivity contribution is 5.82. The zero-order valence-corrected chi connectivity index (χ0v) is 17.7. The zero-order valence-electron chi connectivity index (χ0n) is 17.7. The van der Waals surface area contributed by atoms with Crippen LogP contribution < -0.4 is 0 Å². The van der Waals surface area contributed by atoms with E-state index >= 15 is 0 Å². The van der Waals surface area contributed by atoms with E-state index in [2.05, 4.69) is 19.6 Å². The van der Waals surface area contributed by atoms with Crippen molar-refractivity contribution in [3.63, 3.8) is 0 Å². The molecule has 0 aromatic rings. The third kappa shape index (κ3) is 5.26. The molecule has 1 atom stereocenters. The molecule has 160 valence electrons. The average molecular weight is 393 g/mol. The summed E-state index contributed by atoms with van der Waals surface area (Å²) in [5.41, 5.74) is 0. The summed E-state index contributed by atoms with van der Waals surface area (Å²) < 4.78 is 5.56. The second-order valence-electron chi connectivity index (χ2n) is 9.16. The Hall–Kier alpha value is -0.690. The Morgan fingerprint density at radius 1 is 0.714 bits per heavy atom. The van der Waals surface area contributed by atoms with Crippen LogP contribution in [0, 0.1) is 0 Å². The van der Waals surface area contributed by atoms with Gasteiger partial charge in [0.25, 0.3) is 0 Å². The van der Waals surface area contributed by atoms with Gasteiger partial charge in [0, 0.05) is 65.0 Å². The number of nitrogens with zero attached hydrogens (tertiary/aromatic N) is 4. The Morgan fingerprint density at radius 2 is 1.43 bits per heavy atom. The summed E-state index contributed by atoms with van der Waals surface area (Å²) in [7, 11) is 0. The van der Waals surface area contributed by atoms with Gasteiger partial charge in [-0.3, -0.25) is 19.5 Å². The fourth-order valence-corrected chi connectivity index (χ4v) is 5.60. The van der Waals surface area contributed by atoms with Crippen LogP contribution in [0.3, 0.4) is 0 Å². The zero-order chi connectivity index (χ0) is 19.2. The van der Waals surface area contributed by atoms with Crippen molar-refractivity contribution in [3.05, 3.63) is 0 Å². The Morgan fingerprint density at radius 3 is 2.21 bits per heavy atom. The molecule has 4 aliphatic rings. The fourth-order valence-electron chi connectivity index (χ4n) is 5.60. The summed E-state index contributed by atoms with van der Waals surface area (Å²) in [5, 5.41) is 0. The van der Waals surface area contributed by atoms with Gasteiger partial charge in [-0.1, -0.05) is 19.3 Å². The third-order valence-electron chi connectivity index (χ3n) is 7.35. The molecule has 3 aliphatic heterocycles. The minimum atomic E-state index is 0.167. The highest BCUT2D eigenvalue weighted by Gasteiger charge is 2.37. The number of hydrogen-bond donors (Lipinski definition) is 0. The van der Waals surface area contributed by atoms with Gasteiger partial charge in [-0.15, -0.1) is 0 Å². The van der Waals surface area contributed by atoms with Gasteiger partial charge in [0.2, 0.25) is 5.91 Å². The molecule has 3 saturated heterocycles. The maximum absolute atomic E-state index is 13.3. The van der Waals surface area contributed by atoms with Crippen LogP contribution in [0.25, 0.3) is 0 Å². The van der Waals surface area contributed by atoms with Crippen molar-refractivity contribution in [1.29, 1.82) is 0 Å². The fraction of sp³-hybridized carbons (Fsp3) is 0.955. The standard InChI is InChI=1S/C22H40N4O2/c27-22(21-8-3-4-10-26(21)20-6-1-2-7-20)25-15-13-24(14-16-25)12-11-23-9-5-18-28-19-17-23/h20-21H,1-19H2. The number of carbonyl (C=O) groups is 1. The second-order valence-corrected chi connectivity index (χ2v) is 9.16. The summed E-state index contributed by atoms with van der Waals surface area (Å²) in [6, 6.07) is 0.841. The first-order valence-electron chi connectivity index (χ1n) is 11.9. The predicted molar refractivity (Wildman–Crippen MR) is 111 cm³/mol. The molecule has 1 unspecified atom stereocenters. The highest BCUT2D eigenvalue weighted by Crippen LogP contribution is 2.30. The Labute approximate surface area is 171 Å². The van der Waals surface area contributed by atoms with Gasteiger partial charge in [-0.25, -0.2) is 0 Å². The third-order valence-corrected chi connectivity index (χ3v) is 7.35. The summed E-state index contributed by atoms with van der Waals surface area (Å²) in [5.74, 6) is 0.427. The Bertz CT molecular complexity index is 481. The van der Waals surface area contributed by atoms with E-state index in [1.807, 2.05) is 0 Å². The molecule has 0 aromatic carbocycles. The van der Waals surface area contributed by atoms with Crippen LogP contribution in [-0.2, 0) is 9.53 Å². The topological polar surface area (TPSA) is 39.3 Å². The number of carbonyl (C=O) groups excluding carboxylic acids is 1. The van der Waals surface area contributed by atoms with Crippen molar-refractivity contribution in [3.8, 4) is 0 Å². The smallest absolute Gasteiger partial charge is 0.240 e. The molecule has 1 aliphatic carbocycles. The molecule has 4 rings (SSSR count). The van der Waals surface area contributed by atoms with E-state index in [9.17, 15) is 4.79 Å². The quantitative estimate of drug-likeness (QED) is 0.711. The molecule has 0 bridgehead atoms. The molecule has 28 heavy (non-hydrogen) atoms. The minimum absolute atomic E-state index is 0.167. The van der Waals surface area contributed by atoms with Crippen molar-refractivity contribution < 1.29 is 9.53 Å². The van der Waals surface area contributed by atoms with E-state index in [0.717, 1.165) is 85.0 Å². The first-order valence-corrected chi connectivity index (χ1v) is 11.9. The molecule has 3 heterocycles. The molecular weight excluding hydrogens is 352 g/mol. The maximum Gasteiger partial charge on any atom is 0.240 e. The molecule has 6 heteroatoms. The predicted octanol–water partition coefficient (Wildman–Crippen LogP) is 1.65. The first kappa shape index (κ1) is 20.6. The lowest BCUT2D eigenvalue weighted by Gasteiger charge is -2.43. The normalized spacial score (nSPS) is 29.9. The molecule has 1 amide bonds. The van der Waals surface area contributed by atoms with Crippen LogP contribution in [-0.4, -0.2) is 110 Å². The Kier molecular flexibility index (Phi) is 7.62. The van der Waals surface area contributed by atoms with Crippen LogP contribution in [0.15, 0.2) is 0 Å². The summed E-state index contributed by atoms with van der Waals surface area (Å²) in [6.07, 6.45) is 10.0. The second kappa shape index (κ2) is 10.4. The molecular formula is C22H40N4O2. The first-order chi connectivity index (χ1) is 13.8. The minimum Gasteiger partial charge on any atom is -0.380 e. The monoisotopic (exact) mass is 392 g/mol. The van der Waals surface area contributed by atoms with Crippen molar-refractivity contribution in [2.45, 2.75) is 63.5 Å². The number of hydrogen-bond acceptors (Lipinski definition) is 5. The number of piperidine rings is 1. The summed E-state index contributed by atoms with van der Waals surface area (Å²) in [6.45, 7) is 11.3. The van der Waals surface area contributed by atoms with Crippen molar-refractivity contribution in [1.82, 2.24) is 19.6 Å². The summed E-state index contributed by atoms with van der Waals surface area (Å²) in [4.78, 5) is 23.2. The number of rotatable bonds is 5. The van der Waals surface area contributed by atoms with Crippen LogP contribution in [0.5, 0.6) is 0 Å². The van der Waals surface area contributed by atoms with Crippen molar-refractivity contribution >= 4 is 5.91 Å². The molecule has 0 N–H and O–H groups in total. The molecule has 0 radical (unpaired) electrons. The molecule has 4 fully saturated rings. The van der Waals surface area contributed by atoms with Gasteiger partial charge in [-0.05, 0) is 38.6 Å². The largest absolute Gasteiger partial charge is 0.380 e. The number of likely N-dealkylation sites (tertiary alicyclic amines) is 1. The van der Waals surface area contributed by atoms with E-state index in [1.54, 1.807) is 0 Å². The summed E-state index contributed by atoms with van der Waals surface area (Å²) >= 11 is 0. The van der Waals surface area contributed by atoms with Crippen LogP contribution >= 0.6 is 0 Å². The lowest BCUT2D eigenvalue weighted by Crippen LogP contribution is -2.58. The van der Waals surface area contributed by atoms with Crippen LogP contribution in [0.1, 0.15) is 51.4 Å². The number of amides is 1. The van der Waals surface area contributed by atoms with Gasteiger partial charge in [0.15, 0.2) is 0 Å². The highest BCUT2D eigenvalue weighted by atomic mass is 16.5. The van der Waals surface area contributed by atoms with E-state index in [0.29, 0.717) is 11.9 Å².